The Balaban J connectivity index is 1.71. The van der Waals surface area contributed by atoms with E-state index in [9.17, 15) is 13.2 Å². The maximum Gasteiger partial charge on any atom is 0.410 e. The van der Waals surface area contributed by atoms with Gasteiger partial charge in [0, 0.05) is 31.7 Å². The lowest BCUT2D eigenvalue weighted by Gasteiger charge is -2.36. The van der Waals surface area contributed by atoms with Crippen molar-refractivity contribution in [3.8, 4) is 0 Å². The van der Waals surface area contributed by atoms with E-state index in [2.05, 4.69) is 4.40 Å². The highest BCUT2D eigenvalue weighted by Gasteiger charge is 2.34. The molecule has 1 saturated heterocycles. The summed E-state index contributed by atoms with van der Waals surface area (Å²) in [6, 6.07) is 6.82. The van der Waals surface area contributed by atoms with Crippen molar-refractivity contribution in [3.05, 3.63) is 29.8 Å². The molecule has 0 bridgehead atoms. The van der Waals surface area contributed by atoms with Crippen LogP contribution in [0.4, 0.5) is 4.79 Å². The quantitative estimate of drug-likeness (QED) is 0.711. The standard InChI is InChI=1S/C16H21N3O4S/c1-16(2,3)23-15(20)19-10-8-18(9-11-19)14-12-6-4-5-7-13(12)24(21,22)17-14/h4-7H,8-11H2,1-3H3. The van der Waals surface area contributed by atoms with Crippen LogP contribution in [0.3, 0.4) is 0 Å². The third-order valence-electron chi connectivity index (χ3n) is 3.84. The molecular formula is C16H21N3O4S. The third-order valence-corrected chi connectivity index (χ3v) is 5.17. The van der Waals surface area contributed by atoms with Gasteiger partial charge in [-0.25, -0.2) is 4.79 Å². The summed E-state index contributed by atoms with van der Waals surface area (Å²) in [6.45, 7) is 7.46. The monoisotopic (exact) mass is 351 g/mol. The predicted octanol–water partition coefficient (Wildman–Crippen LogP) is 1.69. The number of sulfonamides is 1. The summed E-state index contributed by atoms with van der Waals surface area (Å²) in [5, 5.41) is 0. The molecule has 1 fully saturated rings. The molecule has 1 amide bonds. The summed E-state index contributed by atoms with van der Waals surface area (Å²) in [5.74, 6) is 0.467. The number of piperazine rings is 1. The number of nitrogens with zero attached hydrogens (tertiary/aromatic N) is 3. The topological polar surface area (TPSA) is 79.3 Å². The molecule has 0 atom stereocenters. The molecule has 1 aromatic carbocycles. The Morgan fingerprint density at radius 2 is 1.75 bits per heavy atom. The van der Waals surface area contributed by atoms with Gasteiger partial charge < -0.3 is 14.5 Å². The highest BCUT2D eigenvalue weighted by molar-refractivity contribution is 7.90. The molecule has 0 spiro atoms. The molecule has 2 aliphatic rings. The van der Waals surface area contributed by atoms with Crippen molar-refractivity contribution < 1.29 is 17.9 Å². The zero-order valence-electron chi connectivity index (χ0n) is 14.0. The van der Waals surface area contributed by atoms with E-state index >= 15 is 0 Å². The summed E-state index contributed by atoms with van der Waals surface area (Å²) in [7, 11) is -3.62. The second-order valence-corrected chi connectivity index (χ2v) is 8.41. The normalized spacial score (nSPS) is 19.7. The number of hydrogen-bond donors (Lipinski definition) is 0. The van der Waals surface area contributed by atoms with E-state index in [1.807, 2.05) is 25.7 Å². The van der Waals surface area contributed by atoms with Gasteiger partial charge >= 0.3 is 6.09 Å². The van der Waals surface area contributed by atoms with Gasteiger partial charge in [-0.1, -0.05) is 12.1 Å². The molecule has 0 N–H and O–H groups in total. The smallest absolute Gasteiger partial charge is 0.410 e. The average Bonchev–Trinajstić information content (AvgIpc) is 2.78. The van der Waals surface area contributed by atoms with E-state index in [1.54, 1.807) is 29.2 Å². The molecule has 7 nitrogen and oxygen atoms in total. The second-order valence-electron chi connectivity index (χ2n) is 6.84. The minimum atomic E-state index is -3.62. The highest BCUT2D eigenvalue weighted by atomic mass is 32.2. The molecule has 0 radical (unpaired) electrons. The number of fused-ring (bicyclic) bond motifs is 1. The fourth-order valence-corrected chi connectivity index (χ4v) is 3.97. The first-order chi connectivity index (χ1) is 11.2. The van der Waals surface area contributed by atoms with Crippen LogP contribution in [0.25, 0.3) is 0 Å². The van der Waals surface area contributed by atoms with Crippen LogP contribution in [0.1, 0.15) is 26.3 Å². The molecule has 24 heavy (non-hydrogen) atoms. The molecule has 0 saturated carbocycles. The van der Waals surface area contributed by atoms with Crippen LogP contribution in [-0.2, 0) is 14.8 Å². The lowest BCUT2D eigenvalue weighted by atomic mass is 10.1. The fourth-order valence-electron chi connectivity index (χ4n) is 2.74. The molecule has 0 unspecified atom stereocenters. The average molecular weight is 351 g/mol. The van der Waals surface area contributed by atoms with Crippen molar-refractivity contribution in [1.29, 1.82) is 0 Å². The minimum absolute atomic E-state index is 0.245. The number of amidine groups is 1. The molecule has 130 valence electrons. The summed E-state index contributed by atoms with van der Waals surface area (Å²) >= 11 is 0. The van der Waals surface area contributed by atoms with Crippen molar-refractivity contribution in [2.45, 2.75) is 31.3 Å². The number of carbonyl (C=O) groups is 1. The number of ether oxygens (including phenoxy) is 1. The van der Waals surface area contributed by atoms with Gasteiger partial charge in [-0.2, -0.15) is 8.42 Å². The zero-order valence-corrected chi connectivity index (χ0v) is 14.8. The van der Waals surface area contributed by atoms with Crippen LogP contribution in [0.5, 0.6) is 0 Å². The Bertz CT molecular complexity index is 788. The lowest BCUT2D eigenvalue weighted by Crippen LogP contribution is -2.51. The first kappa shape index (κ1) is 16.8. The minimum Gasteiger partial charge on any atom is -0.444 e. The number of amides is 1. The van der Waals surface area contributed by atoms with Crippen molar-refractivity contribution >= 4 is 22.0 Å². The molecule has 0 aromatic heterocycles. The Labute approximate surface area is 142 Å². The summed E-state index contributed by atoms with van der Waals surface area (Å²) in [6.07, 6.45) is -0.344. The van der Waals surface area contributed by atoms with E-state index in [0.717, 1.165) is 0 Å². The van der Waals surface area contributed by atoms with E-state index in [-0.39, 0.29) is 11.0 Å². The molecule has 2 aliphatic heterocycles. The number of hydrogen-bond acceptors (Lipinski definition) is 5. The Hall–Kier alpha value is -2.09. The summed E-state index contributed by atoms with van der Waals surface area (Å²) in [5.41, 5.74) is 0.0970. The number of rotatable bonds is 0. The van der Waals surface area contributed by atoms with Gasteiger partial charge in [0.25, 0.3) is 10.0 Å². The maximum absolute atomic E-state index is 12.1. The van der Waals surface area contributed by atoms with E-state index in [0.29, 0.717) is 37.6 Å². The molecule has 8 heteroatoms. The lowest BCUT2D eigenvalue weighted by molar-refractivity contribution is 0.0187. The van der Waals surface area contributed by atoms with Crippen LogP contribution in [0, 0.1) is 0 Å². The van der Waals surface area contributed by atoms with Crippen LogP contribution in [-0.4, -0.2) is 61.9 Å². The molecule has 2 heterocycles. The maximum atomic E-state index is 12.1. The van der Waals surface area contributed by atoms with Gasteiger partial charge in [0.05, 0.1) is 0 Å². The van der Waals surface area contributed by atoms with Gasteiger partial charge in [0.15, 0.2) is 5.84 Å². The zero-order chi connectivity index (χ0) is 17.5. The molecule has 0 aliphatic carbocycles. The van der Waals surface area contributed by atoms with Crippen LogP contribution < -0.4 is 0 Å². The fraction of sp³-hybridized carbons (Fsp3) is 0.500. The number of benzene rings is 1. The third kappa shape index (κ3) is 3.24. The van der Waals surface area contributed by atoms with E-state index in [1.165, 1.54) is 0 Å². The number of carbonyl (C=O) groups excluding carboxylic acids is 1. The van der Waals surface area contributed by atoms with Crippen LogP contribution in [0.2, 0.25) is 0 Å². The van der Waals surface area contributed by atoms with Crippen molar-refractivity contribution in [3.63, 3.8) is 0 Å². The first-order valence-corrected chi connectivity index (χ1v) is 9.29. The highest BCUT2D eigenvalue weighted by Crippen LogP contribution is 2.28. The van der Waals surface area contributed by atoms with Gasteiger partial charge in [-0.3, -0.25) is 0 Å². The summed E-state index contributed by atoms with van der Waals surface area (Å²) in [4.78, 5) is 15.9. The van der Waals surface area contributed by atoms with Crippen LogP contribution in [0.15, 0.2) is 33.6 Å². The largest absolute Gasteiger partial charge is 0.444 e. The molecule has 1 aromatic rings. The van der Waals surface area contributed by atoms with Crippen molar-refractivity contribution in [2.75, 3.05) is 26.2 Å². The van der Waals surface area contributed by atoms with E-state index < -0.39 is 15.6 Å². The van der Waals surface area contributed by atoms with Crippen molar-refractivity contribution in [1.82, 2.24) is 9.80 Å². The predicted molar refractivity (Wildman–Crippen MR) is 89.5 cm³/mol. The van der Waals surface area contributed by atoms with E-state index in [4.69, 9.17) is 4.74 Å². The molecule has 3 rings (SSSR count). The SMILES string of the molecule is CC(C)(C)OC(=O)N1CCN(C2=NS(=O)(=O)c3ccccc32)CC1. The summed E-state index contributed by atoms with van der Waals surface area (Å²) < 4.78 is 33.6. The van der Waals surface area contributed by atoms with Crippen LogP contribution >= 0.6 is 0 Å². The Morgan fingerprint density at radius 3 is 2.38 bits per heavy atom. The van der Waals surface area contributed by atoms with Gasteiger partial charge in [-0.15, -0.1) is 4.40 Å². The Morgan fingerprint density at radius 1 is 1.12 bits per heavy atom. The molecular weight excluding hydrogens is 330 g/mol. The van der Waals surface area contributed by atoms with Crippen molar-refractivity contribution in [2.24, 2.45) is 4.40 Å². The first-order valence-electron chi connectivity index (χ1n) is 7.85. The van der Waals surface area contributed by atoms with Gasteiger partial charge in [-0.05, 0) is 32.9 Å². The second kappa shape index (κ2) is 5.77. The Kier molecular flexibility index (Phi) is 4.03. The van der Waals surface area contributed by atoms with Gasteiger partial charge in [0.1, 0.15) is 10.5 Å². The van der Waals surface area contributed by atoms with Gasteiger partial charge in [0.2, 0.25) is 0 Å².